The Kier molecular flexibility index (Phi) is 5.26. The molecule has 11 heteroatoms. The summed E-state index contributed by atoms with van der Waals surface area (Å²) in [7, 11) is 0. The summed E-state index contributed by atoms with van der Waals surface area (Å²) in [4.78, 5) is 5.96. The normalized spacial score (nSPS) is 20.1. The van der Waals surface area contributed by atoms with Crippen LogP contribution >= 0.6 is 11.6 Å². The van der Waals surface area contributed by atoms with Gasteiger partial charge in [0.15, 0.2) is 11.5 Å². The molecule has 1 aliphatic rings. The molecule has 1 aliphatic heterocycles. The lowest BCUT2D eigenvalue weighted by Gasteiger charge is -2.38. The van der Waals surface area contributed by atoms with Gasteiger partial charge >= 0.3 is 12.0 Å². The van der Waals surface area contributed by atoms with Gasteiger partial charge in [-0.2, -0.15) is 13.2 Å². The van der Waals surface area contributed by atoms with E-state index in [4.69, 9.17) is 11.6 Å². The van der Waals surface area contributed by atoms with Crippen LogP contribution in [0, 0.1) is 6.92 Å². The molecular weight excluding hydrogens is 462 g/mol. The van der Waals surface area contributed by atoms with Gasteiger partial charge in [0.2, 0.25) is 0 Å². The van der Waals surface area contributed by atoms with E-state index in [1.54, 1.807) is 24.3 Å². The van der Waals surface area contributed by atoms with Crippen molar-refractivity contribution in [2.45, 2.75) is 25.5 Å². The number of benzene rings is 2. The van der Waals surface area contributed by atoms with Crippen LogP contribution in [-0.2, 0) is 11.3 Å². The van der Waals surface area contributed by atoms with Crippen LogP contribution in [0.25, 0.3) is 28.1 Å². The molecule has 0 N–H and O–H groups in total. The molecule has 0 aliphatic carbocycles. The number of hydrogen-bond donors (Lipinski definition) is 0. The first-order chi connectivity index (χ1) is 15.7. The van der Waals surface area contributed by atoms with E-state index >= 15 is 0 Å². The highest BCUT2D eigenvalue weighted by atomic mass is 35.5. The molecule has 2 aromatic heterocycles. The van der Waals surface area contributed by atoms with Crippen LogP contribution in [-0.4, -0.2) is 56.2 Å². The first kappa shape index (κ1) is 22.0. The second-order valence-electron chi connectivity index (χ2n) is 7.97. The van der Waals surface area contributed by atoms with Crippen molar-refractivity contribution in [3.63, 3.8) is 0 Å². The average Bonchev–Trinajstić information content (AvgIpc) is 3.20. The number of nitrogens with zero attached hydrogens (tertiary/aromatic N) is 5. The molecule has 0 bridgehead atoms. The van der Waals surface area contributed by atoms with Crippen LogP contribution in [0.5, 0.6) is 0 Å². The van der Waals surface area contributed by atoms with Crippen molar-refractivity contribution in [3.05, 3.63) is 58.7 Å². The Morgan fingerprint density at radius 2 is 1.94 bits per heavy atom. The van der Waals surface area contributed by atoms with Gasteiger partial charge in [0.05, 0.1) is 34.9 Å². The fraction of sp³-hybridized carbons (Fsp3) is 0.318. The zero-order chi connectivity index (χ0) is 23.4. The van der Waals surface area contributed by atoms with Crippen LogP contribution in [0.1, 0.15) is 11.3 Å². The Bertz CT molecular complexity index is 1360. The van der Waals surface area contributed by atoms with Gasteiger partial charge in [-0.05, 0) is 36.8 Å². The molecule has 1 saturated heterocycles. The third-order valence-electron chi connectivity index (χ3n) is 5.67. The number of hydrogen-bond acceptors (Lipinski definition) is 5. The monoisotopic (exact) mass is 479 g/mol. The van der Waals surface area contributed by atoms with Crippen LogP contribution in [0.4, 0.5) is 17.6 Å². The molecule has 5 rings (SSSR count). The van der Waals surface area contributed by atoms with Crippen LogP contribution in [0.3, 0.4) is 0 Å². The number of ether oxygens (including phenoxy) is 1. The van der Waals surface area contributed by atoms with Crippen LogP contribution in [0.2, 0.25) is 5.02 Å². The molecule has 172 valence electrons. The third-order valence-corrected chi connectivity index (χ3v) is 5.99. The fourth-order valence-corrected chi connectivity index (χ4v) is 4.27. The number of alkyl halides is 4. The molecule has 4 aromatic rings. The molecule has 0 spiro atoms. The molecule has 1 atom stereocenters. The van der Waals surface area contributed by atoms with E-state index < -0.39 is 18.6 Å². The van der Waals surface area contributed by atoms with Gasteiger partial charge in [-0.1, -0.05) is 29.8 Å². The van der Waals surface area contributed by atoms with E-state index in [2.05, 4.69) is 19.9 Å². The summed E-state index contributed by atoms with van der Waals surface area (Å²) >= 11 is 6.39. The molecular formula is C22H18ClF4N5O. The maximum absolute atomic E-state index is 14.3. The highest BCUT2D eigenvalue weighted by Gasteiger charge is 2.59. The molecule has 2 aromatic carbocycles. The fourth-order valence-electron chi connectivity index (χ4n) is 4.05. The van der Waals surface area contributed by atoms with Crippen molar-refractivity contribution < 1.29 is 22.3 Å². The van der Waals surface area contributed by atoms with Gasteiger partial charge in [-0.15, -0.1) is 10.2 Å². The van der Waals surface area contributed by atoms with Crippen molar-refractivity contribution in [1.29, 1.82) is 0 Å². The Balaban J connectivity index is 1.58. The number of fused-ring (bicyclic) bond motifs is 3. The van der Waals surface area contributed by atoms with Crippen molar-refractivity contribution in [3.8, 4) is 11.4 Å². The Labute approximate surface area is 190 Å². The first-order valence-corrected chi connectivity index (χ1v) is 10.6. The summed E-state index contributed by atoms with van der Waals surface area (Å²) < 4.78 is 59.9. The maximum Gasteiger partial charge on any atom is 0.449 e. The van der Waals surface area contributed by atoms with E-state index in [0.29, 0.717) is 44.3 Å². The van der Waals surface area contributed by atoms with E-state index in [-0.39, 0.29) is 19.7 Å². The first-order valence-electron chi connectivity index (χ1n) is 10.2. The van der Waals surface area contributed by atoms with Gasteiger partial charge in [0, 0.05) is 18.7 Å². The molecule has 1 fully saturated rings. The second kappa shape index (κ2) is 7.89. The molecule has 6 nitrogen and oxygen atoms in total. The molecule has 1 unspecified atom stereocenters. The average molecular weight is 480 g/mol. The largest absolute Gasteiger partial charge is 0.449 e. The standard InChI is InChI=1S/C22H18ClF4N5O/c1-13-19-29-30-20(15-4-2-3-5-16(15)23)32(19)18-10-14(6-7-17(18)28-13)11-31-8-9-33-21(24,12-31)22(25,26)27/h2-7,10H,8-9,11-12H2,1H3. The number of aromatic nitrogens is 4. The quantitative estimate of drug-likeness (QED) is 0.388. The number of rotatable bonds is 3. The minimum atomic E-state index is -5.10. The Morgan fingerprint density at radius 3 is 2.70 bits per heavy atom. The molecule has 33 heavy (non-hydrogen) atoms. The summed E-state index contributed by atoms with van der Waals surface area (Å²) in [6, 6.07) is 12.6. The summed E-state index contributed by atoms with van der Waals surface area (Å²) in [5.74, 6) is -3.16. The third kappa shape index (κ3) is 3.81. The summed E-state index contributed by atoms with van der Waals surface area (Å²) in [6.07, 6.45) is -5.10. The number of aryl methyl sites for hydroxylation is 1. The van der Waals surface area contributed by atoms with E-state index in [1.165, 1.54) is 4.90 Å². The predicted molar refractivity (Wildman–Crippen MR) is 115 cm³/mol. The molecule has 0 amide bonds. The number of halogens is 5. The molecule has 3 heterocycles. The van der Waals surface area contributed by atoms with E-state index in [0.717, 1.165) is 0 Å². The van der Waals surface area contributed by atoms with Crippen LogP contribution < -0.4 is 0 Å². The topological polar surface area (TPSA) is 55.6 Å². The highest BCUT2D eigenvalue weighted by Crippen LogP contribution is 2.38. The maximum atomic E-state index is 14.3. The van der Waals surface area contributed by atoms with Crippen molar-refractivity contribution >= 4 is 28.3 Å². The Morgan fingerprint density at radius 1 is 1.15 bits per heavy atom. The summed E-state index contributed by atoms with van der Waals surface area (Å²) in [5.41, 5.74) is 3.92. The SMILES string of the molecule is Cc1nc2ccc(CN3CCOC(F)(C(F)(F)F)C3)cc2n2c(-c3ccccc3Cl)nnc12. The van der Waals surface area contributed by atoms with Gasteiger partial charge < -0.3 is 4.74 Å². The van der Waals surface area contributed by atoms with E-state index in [9.17, 15) is 17.6 Å². The zero-order valence-corrected chi connectivity index (χ0v) is 18.2. The lowest BCUT2D eigenvalue weighted by molar-refractivity contribution is -0.349. The zero-order valence-electron chi connectivity index (χ0n) is 17.4. The lowest BCUT2D eigenvalue weighted by Crippen LogP contribution is -2.56. The summed E-state index contributed by atoms with van der Waals surface area (Å²) in [5, 5.41) is 9.09. The molecule has 0 saturated carbocycles. The van der Waals surface area contributed by atoms with E-state index in [1.807, 2.05) is 29.5 Å². The molecule has 0 radical (unpaired) electrons. The van der Waals surface area contributed by atoms with Gasteiger partial charge in [0.1, 0.15) is 0 Å². The van der Waals surface area contributed by atoms with Crippen LogP contribution in [0.15, 0.2) is 42.5 Å². The summed E-state index contributed by atoms with van der Waals surface area (Å²) in [6.45, 7) is 0.864. The smallest absolute Gasteiger partial charge is 0.337 e. The van der Waals surface area contributed by atoms with Gasteiger partial charge in [-0.3, -0.25) is 9.30 Å². The van der Waals surface area contributed by atoms with Crippen molar-refractivity contribution in [2.75, 3.05) is 19.7 Å². The minimum absolute atomic E-state index is 0.111. The van der Waals surface area contributed by atoms with Crippen molar-refractivity contribution in [1.82, 2.24) is 24.5 Å². The second-order valence-corrected chi connectivity index (χ2v) is 8.38. The predicted octanol–water partition coefficient (Wildman–Crippen LogP) is 4.97. The Hall–Kier alpha value is -2.82. The van der Waals surface area contributed by atoms with Gasteiger partial charge in [0.25, 0.3) is 0 Å². The number of morpholine rings is 1. The lowest BCUT2D eigenvalue weighted by atomic mass is 10.1. The van der Waals surface area contributed by atoms with Crippen molar-refractivity contribution in [2.24, 2.45) is 0 Å². The minimum Gasteiger partial charge on any atom is -0.337 e. The highest BCUT2D eigenvalue weighted by molar-refractivity contribution is 6.33. The van der Waals surface area contributed by atoms with Gasteiger partial charge in [-0.25, -0.2) is 9.37 Å².